The third kappa shape index (κ3) is 2.56. The molecule has 0 aliphatic carbocycles. The minimum Gasteiger partial charge on any atom is -0.505 e. The molecule has 1 aliphatic rings. The maximum atomic E-state index is 10.3. The minimum absolute atomic E-state index is 0.120. The Kier molecular flexibility index (Phi) is 3.84. The number of hydrogen-bond acceptors (Lipinski definition) is 3. The fourth-order valence-electron chi connectivity index (χ4n) is 2.84. The number of para-hydroxylation sites is 1. The van der Waals surface area contributed by atoms with Crippen LogP contribution in [0.4, 0.5) is 0 Å². The first kappa shape index (κ1) is 14.2. The molecule has 0 unspecified atom stereocenters. The second kappa shape index (κ2) is 5.94. The lowest BCUT2D eigenvalue weighted by atomic mass is 10.1. The molecule has 22 heavy (non-hydrogen) atoms. The molecule has 2 heterocycles. The maximum absolute atomic E-state index is 10.3. The lowest BCUT2D eigenvalue weighted by molar-refractivity contribution is 0.341. The summed E-state index contributed by atoms with van der Waals surface area (Å²) >= 11 is 0. The predicted octanol–water partition coefficient (Wildman–Crippen LogP) is 3.24. The van der Waals surface area contributed by atoms with Crippen LogP contribution in [0.3, 0.4) is 0 Å². The van der Waals surface area contributed by atoms with Crippen molar-refractivity contribution < 1.29 is 5.11 Å². The first-order valence-corrected chi connectivity index (χ1v) is 7.46. The number of hydrogen-bond donors (Lipinski definition) is 3. The minimum atomic E-state index is 0.120. The van der Waals surface area contributed by atoms with E-state index in [0.29, 0.717) is 5.69 Å². The van der Waals surface area contributed by atoms with Crippen LogP contribution in [0, 0.1) is 16.7 Å². The number of nitrogens with zero attached hydrogens (tertiary/aromatic N) is 2. The number of likely N-dealkylation sites (tertiary alicyclic amines) is 1. The zero-order valence-electron chi connectivity index (χ0n) is 12.3. The van der Waals surface area contributed by atoms with Gasteiger partial charge in [-0.05, 0) is 37.5 Å². The Balaban J connectivity index is 1.94. The summed E-state index contributed by atoms with van der Waals surface area (Å²) in [6.45, 7) is 1.63. The van der Waals surface area contributed by atoms with E-state index in [1.807, 2.05) is 29.2 Å². The van der Waals surface area contributed by atoms with Crippen LogP contribution in [0.25, 0.3) is 17.0 Å². The average Bonchev–Trinajstić information content (AvgIpc) is 2.89. The van der Waals surface area contributed by atoms with Gasteiger partial charge in [0.2, 0.25) is 0 Å². The number of fused-ring (bicyclic) bond motifs is 1. The van der Waals surface area contributed by atoms with Gasteiger partial charge in [-0.2, -0.15) is 5.26 Å². The zero-order chi connectivity index (χ0) is 15.5. The maximum Gasteiger partial charge on any atom is 0.148 e. The van der Waals surface area contributed by atoms with E-state index in [1.54, 1.807) is 6.08 Å². The van der Waals surface area contributed by atoms with E-state index < -0.39 is 0 Å². The summed E-state index contributed by atoms with van der Waals surface area (Å²) in [6, 6.07) is 9.51. The van der Waals surface area contributed by atoms with Gasteiger partial charge in [0.05, 0.1) is 11.3 Å². The Bertz CT molecular complexity index is 776. The molecule has 3 N–H and O–H groups in total. The number of benzene rings is 1. The van der Waals surface area contributed by atoms with Crippen LogP contribution in [0.5, 0.6) is 5.75 Å². The van der Waals surface area contributed by atoms with Crippen molar-refractivity contribution in [2.45, 2.75) is 19.3 Å². The quantitative estimate of drug-likeness (QED) is 0.451. The third-order valence-corrected chi connectivity index (χ3v) is 4.04. The van der Waals surface area contributed by atoms with Crippen LogP contribution >= 0.6 is 0 Å². The van der Waals surface area contributed by atoms with E-state index in [2.05, 4.69) is 11.1 Å². The molecule has 112 valence electrons. The first-order chi connectivity index (χ1) is 10.7. The molecule has 0 atom stereocenters. The van der Waals surface area contributed by atoms with Crippen molar-refractivity contribution >= 4 is 22.8 Å². The van der Waals surface area contributed by atoms with Crippen molar-refractivity contribution in [3.63, 3.8) is 0 Å². The Morgan fingerprint density at radius 1 is 1.27 bits per heavy atom. The molecule has 5 nitrogen and oxygen atoms in total. The first-order valence-electron chi connectivity index (χ1n) is 7.46. The molecule has 0 radical (unpaired) electrons. The van der Waals surface area contributed by atoms with Gasteiger partial charge in [0, 0.05) is 24.0 Å². The number of aromatic hydroxyl groups is 1. The highest BCUT2D eigenvalue weighted by atomic mass is 16.3. The number of nitrogens with one attached hydrogen (secondary N) is 2. The Morgan fingerprint density at radius 2 is 2.00 bits per heavy atom. The number of H-pyrrole nitrogens is 1. The van der Waals surface area contributed by atoms with Crippen molar-refractivity contribution in [1.29, 1.82) is 10.7 Å². The van der Waals surface area contributed by atoms with Gasteiger partial charge in [0.15, 0.2) is 0 Å². The molecule has 2 aromatic rings. The average molecular weight is 294 g/mol. The molecular formula is C17H18N4O. The topological polar surface area (TPSA) is 86.9 Å². The lowest BCUT2D eigenvalue weighted by Crippen LogP contribution is -2.35. The summed E-state index contributed by atoms with van der Waals surface area (Å²) in [5.74, 6) is 0.357. The predicted molar refractivity (Wildman–Crippen MR) is 86.7 cm³/mol. The summed E-state index contributed by atoms with van der Waals surface area (Å²) in [4.78, 5) is 5.02. The summed E-state index contributed by atoms with van der Waals surface area (Å²) in [7, 11) is 0. The van der Waals surface area contributed by atoms with Gasteiger partial charge in [0.25, 0.3) is 0 Å². The molecule has 0 bridgehead atoms. The monoisotopic (exact) mass is 294 g/mol. The highest BCUT2D eigenvalue weighted by molar-refractivity contribution is 6.04. The smallest absolute Gasteiger partial charge is 0.148 e. The Morgan fingerprint density at radius 3 is 2.68 bits per heavy atom. The van der Waals surface area contributed by atoms with Crippen LogP contribution in [0.1, 0.15) is 25.0 Å². The number of nitriles is 1. The van der Waals surface area contributed by atoms with Crippen LogP contribution < -0.4 is 0 Å². The molecule has 1 saturated heterocycles. The number of amidine groups is 1. The molecule has 1 aliphatic heterocycles. The van der Waals surface area contributed by atoms with E-state index in [1.165, 1.54) is 6.42 Å². The van der Waals surface area contributed by atoms with Crippen molar-refractivity contribution in [2.75, 3.05) is 13.1 Å². The fourth-order valence-corrected chi connectivity index (χ4v) is 2.84. The fraction of sp³-hybridized carbons (Fsp3) is 0.294. The van der Waals surface area contributed by atoms with Gasteiger partial charge in [-0.25, -0.2) is 0 Å². The van der Waals surface area contributed by atoms with E-state index in [9.17, 15) is 10.4 Å². The second-order valence-corrected chi connectivity index (χ2v) is 5.50. The van der Waals surface area contributed by atoms with E-state index in [-0.39, 0.29) is 17.2 Å². The standard InChI is InChI=1S/C17H18N4O/c18-11-12(17(19)21-8-4-1-5-9-21)10-15-16(22)13-6-2-3-7-14(13)20-15/h2-3,6-7,10,19-20,22H,1,4-5,8-9H2. The largest absolute Gasteiger partial charge is 0.505 e. The van der Waals surface area contributed by atoms with Crippen molar-refractivity contribution in [2.24, 2.45) is 0 Å². The summed E-state index contributed by atoms with van der Waals surface area (Å²) in [6.07, 6.45) is 4.85. The summed E-state index contributed by atoms with van der Waals surface area (Å²) in [5.41, 5.74) is 1.55. The number of aromatic amines is 1. The summed E-state index contributed by atoms with van der Waals surface area (Å²) < 4.78 is 0. The van der Waals surface area contributed by atoms with Gasteiger partial charge in [-0.1, -0.05) is 12.1 Å². The van der Waals surface area contributed by atoms with E-state index in [4.69, 9.17) is 5.41 Å². The zero-order valence-corrected chi connectivity index (χ0v) is 12.3. The highest BCUT2D eigenvalue weighted by Gasteiger charge is 2.18. The van der Waals surface area contributed by atoms with Gasteiger partial charge in [0.1, 0.15) is 17.7 Å². The van der Waals surface area contributed by atoms with Crippen LogP contribution in [0.15, 0.2) is 29.8 Å². The normalized spacial score (nSPS) is 15.8. The molecule has 3 rings (SSSR count). The highest BCUT2D eigenvalue weighted by Crippen LogP contribution is 2.30. The van der Waals surface area contributed by atoms with Gasteiger partial charge in [-0.15, -0.1) is 0 Å². The van der Waals surface area contributed by atoms with Gasteiger partial charge < -0.3 is 15.0 Å². The van der Waals surface area contributed by atoms with Crippen molar-refractivity contribution in [3.8, 4) is 11.8 Å². The molecule has 1 fully saturated rings. The third-order valence-electron chi connectivity index (χ3n) is 4.04. The molecule has 5 heteroatoms. The van der Waals surface area contributed by atoms with Gasteiger partial charge >= 0.3 is 0 Å². The van der Waals surface area contributed by atoms with Crippen molar-refractivity contribution in [1.82, 2.24) is 9.88 Å². The molecule has 0 saturated carbocycles. The van der Waals surface area contributed by atoms with Crippen molar-refractivity contribution in [3.05, 3.63) is 35.5 Å². The second-order valence-electron chi connectivity index (χ2n) is 5.50. The SMILES string of the molecule is N#CC(=Cc1[nH]c2ccccc2c1O)C(=N)N1CCCCC1. The van der Waals surface area contributed by atoms with E-state index >= 15 is 0 Å². The molecule has 1 aromatic carbocycles. The molecule has 0 spiro atoms. The van der Waals surface area contributed by atoms with E-state index in [0.717, 1.165) is 36.8 Å². The van der Waals surface area contributed by atoms with Crippen LogP contribution in [0.2, 0.25) is 0 Å². The number of aromatic nitrogens is 1. The molecular weight excluding hydrogens is 276 g/mol. The molecule has 1 aromatic heterocycles. The lowest BCUT2D eigenvalue weighted by Gasteiger charge is -2.28. The van der Waals surface area contributed by atoms with Crippen LogP contribution in [-0.4, -0.2) is 33.9 Å². The Labute approximate surface area is 129 Å². The summed E-state index contributed by atoms with van der Waals surface area (Å²) in [5, 5.41) is 28.6. The molecule has 0 amide bonds. The van der Waals surface area contributed by atoms with Crippen LogP contribution in [-0.2, 0) is 0 Å². The van der Waals surface area contributed by atoms with Gasteiger partial charge in [-0.3, -0.25) is 5.41 Å². The number of piperidine rings is 1. The number of rotatable bonds is 2. The Hall–Kier alpha value is -2.74.